The van der Waals surface area contributed by atoms with Crippen molar-refractivity contribution in [2.75, 3.05) is 25.4 Å². The van der Waals surface area contributed by atoms with Crippen LogP contribution in [-0.2, 0) is 6.54 Å². The molecular weight excluding hydrogens is 262 g/mol. The maximum Gasteiger partial charge on any atom is 0.251 e. The van der Waals surface area contributed by atoms with E-state index in [0.29, 0.717) is 17.8 Å². The number of amides is 1. The maximum absolute atomic E-state index is 11.8. The maximum atomic E-state index is 11.8. The van der Waals surface area contributed by atoms with Gasteiger partial charge in [-0.1, -0.05) is 19.9 Å². The van der Waals surface area contributed by atoms with Crippen molar-refractivity contribution in [2.24, 2.45) is 11.8 Å². The molecule has 1 aliphatic heterocycles. The van der Waals surface area contributed by atoms with Gasteiger partial charge in [0, 0.05) is 37.4 Å². The normalized spacial score (nSPS) is 23.0. The summed E-state index contributed by atoms with van der Waals surface area (Å²) in [5.41, 5.74) is 8.60. The number of carbonyl (C=O) groups excluding carboxylic acids is 1. The Kier molecular flexibility index (Phi) is 5.23. The second-order valence-electron chi connectivity index (χ2n) is 6.41. The largest absolute Gasteiger partial charge is 0.398 e. The van der Waals surface area contributed by atoms with Gasteiger partial charge < -0.3 is 11.1 Å². The summed E-state index contributed by atoms with van der Waals surface area (Å²) in [5.74, 6) is 1.42. The number of nitrogens with zero attached hydrogens (tertiary/aromatic N) is 1. The second-order valence-corrected chi connectivity index (χ2v) is 6.41. The number of benzene rings is 1. The molecule has 1 aromatic rings. The monoisotopic (exact) mass is 289 g/mol. The molecule has 0 spiro atoms. The third kappa shape index (κ3) is 4.21. The Balaban J connectivity index is 2.05. The van der Waals surface area contributed by atoms with Gasteiger partial charge in [-0.2, -0.15) is 0 Å². The zero-order valence-electron chi connectivity index (χ0n) is 13.4. The van der Waals surface area contributed by atoms with Crippen LogP contribution in [0.15, 0.2) is 18.2 Å². The molecule has 1 amide bonds. The van der Waals surface area contributed by atoms with Crippen molar-refractivity contribution in [1.29, 1.82) is 0 Å². The molecule has 2 unspecified atom stereocenters. The first-order chi connectivity index (χ1) is 9.99. The summed E-state index contributed by atoms with van der Waals surface area (Å²) in [5, 5.41) is 2.80. The highest BCUT2D eigenvalue weighted by atomic mass is 16.1. The molecule has 0 aliphatic carbocycles. The van der Waals surface area contributed by atoms with Crippen LogP contribution >= 0.6 is 0 Å². The highest BCUT2D eigenvalue weighted by Crippen LogP contribution is 2.24. The van der Waals surface area contributed by atoms with Gasteiger partial charge >= 0.3 is 0 Å². The molecule has 116 valence electrons. The lowest BCUT2D eigenvalue weighted by Crippen LogP contribution is -2.38. The standard InChI is InChI=1S/C17H27N3O/c1-4-19-17(21)14-5-6-15(16(18)8-14)11-20-9-12(2)7-13(3)10-20/h5-6,8,12-13H,4,7,9-11,18H2,1-3H3,(H,19,21). The number of nitrogen functional groups attached to an aromatic ring is 1. The van der Waals surface area contributed by atoms with E-state index in [-0.39, 0.29) is 5.91 Å². The van der Waals surface area contributed by atoms with E-state index in [4.69, 9.17) is 5.73 Å². The first kappa shape index (κ1) is 15.8. The Hall–Kier alpha value is -1.55. The minimum absolute atomic E-state index is 0.0593. The number of hydrogen-bond acceptors (Lipinski definition) is 3. The summed E-state index contributed by atoms with van der Waals surface area (Å²) in [7, 11) is 0. The fourth-order valence-corrected chi connectivity index (χ4v) is 3.30. The third-order valence-corrected chi connectivity index (χ3v) is 4.08. The zero-order valence-corrected chi connectivity index (χ0v) is 13.4. The Labute approximate surface area is 127 Å². The number of piperidine rings is 1. The molecule has 3 N–H and O–H groups in total. The van der Waals surface area contributed by atoms with Gasteiger partial charge in [0.25, 0.3) is 5.91 Å². The van der Waals surface area contributed by atoms with Gasteiger partial charge in [-0.15, -0.1) is 0 Å². The first-order valence-electron chi connectivity index (χ1n) is 7.88. The molecule has 0 aromatic heterocycles. The van der Waals surface area contributed by atoms with Crippen LogP contribution in [0, 0.1) is 11.8 Å². The molecule has 0 bridgehead atoms. The predicted octanol–water partition coefficient (Wildman–Crippen LogP) is 2.50. The molecule has 1 aromatic carbocycles. The van der Waals surface area contributed by atoms with Crippen LogP contribution in [0.1, 0.15) is 43.1 Å². The number of anilines is 1. The molecule has 1 fully saturated rings. The quantitative estimate of drug-likeness (QED) is 0.837. The number of nitrogens with two attached hydrogens (primary N) is 1. The molecule has 0 saturated carbocycles. The highest BCUT2D eigenvalue weighted by molar-refractivity contribution is 5.95. The Morgan fingerprint density at radius 1 is 1.33 bits per heavy atom. The number of hydrogen-bond donors (Lipinski definition) is 2. The van der Waals surface area contributed by atoms with E-state index in [9.17, 15) is 4.79 Å². The number of rotatable bonds is 4. The predicted molar refractivity (Wildman–Crippen MR) is 87.1 cm³/mol. The molecule has 21 heavy (non-hydrogen) atoms. The summed E-state index contributed by atoms with van der Waals surface area (Å²) in [6.45, 7) is 10.3. The Morgan fingerprint density at radius 3 is 2.57 bits per heavy atom. The van der Waals surface area contributed by atoms with Gasteiger partial charge in [0.2, 0.25) is 0 Å². The second kappa shape index (κ2) is 6.94. The topological polar surface area (TPSA) is 58.4 Å². The van der Waals surface area contributed by atoms with E-state index < -0.39 is 0 Å². The van der Waals surface area contributed by atoms with Gasteiger partial charge in [0.15, 0.2) is 0 Å². The Morgan fingerprint density at radius 2 is 2.00 bits per heavy atom. The summed E-state index contributed by atoms with van der Waals surface area (Å²) < 4.78 is 0. The molecule has 2 atom stereocenters. The molecule has 4 heteroatoms. The lowest BCUT2D eigenvalue weighted by atomic mass is 9.91. The van der Waals surface area contributed by atoms with E-state index in [1.807, 2.05) is 19.1 Å². The van der Waals surface area contributed by atoms with Crippen molar-refractivity contribution in [3.8, 4) is 0 Å². The fraction of sp³-hybridized carbons (Fsp3) is 0.588. The van der Waals surface area contributed by atoms with Crippen LogP contribution in [0.2, 0.25) is 0 Å². The van der Waals surface area contributed by atoms with Crippen molar-refractivity contribution in [1.82, 2.24) is 10.2 Å². The van der Waals surface area contributed by atoms with E-state index in [1.165, 1.54) is 6.42 Å². The number of nitrogens with one attached hydrogen (secondary N) is 1. The SMILES string of the molecule is CCNC(=O)c1ccc(CN2CC(C)CC(C)C2)c(N)c1. The Bertz CT molecular complexity index is 491. The molecule has 1 aliphatic rings. The summed E-state index contributed by atoms with van der Waals surface area (Å²) >= 11 is 0. The fourth-order valence-electron chi connectivity index (χ4n) is 3.30. The van der Waals surface area contributed by atoms with Crippen molar-refractivity contribution >= 4 is 11.6 Å². The summed E-state index contributed by atoms with van der Waals surface area (Å²) in [6, 6.07) is 5.65. The minimum atomic E-state index is -0.0593. The molecule has 1 heterocycles. The van der Waals surface area contributed by atoms with Crippen LogP contribution in [0.3, 0.4) is 0 Å². The van der Waals surface area contributed by atoms with Crippen molar-refractivity contribution in [3.05, 3.63) is 29.3 Å². The van der Waals surface area contributed by atoms with E-state index in [2.05, 4.69) is 24.1 Å². The number of carbonyl (C=O) groups is 1. The number of likely N-dealkylation sites (tertiary alicyclic amines) is 1. The van der Waals surface area contributed by atoms with Gasteiger partial charge in [-0.05, 0) is 42.9 Å². The molecule has 1 saturated heterocycles. The highest BCUT2D eigenvalue weighted by Gasteiger charge is 2.22. The van der Waals surface area contributed by atoms with Gasteiger partial charge in [-0.3, -0.25) is 9.69 Å². The average molecular weight is 289 g/mol. The molecule has 4 nitrogen and oxygen atoms in total. The van der Waals surface area contributed by atoms with Crippen LogP contribution in [-0.4, -0.2) is 30.4 Å². The van der Waals surface area contributed by atoms with E-state index in [0.717, 1.165) is 37.0 Å². The smallest absolute Gasteiger partial charge is 0.251 e. The van der Waals surface area contributed by atoms with Crippen LogP contribution in [0.5, 0.6) is 0 Å². The van der Waals surface area contributed by atoms with Crippen LogP contribution < -0.4 is 11.1 Å². The van der Waals surface area contributed by atoms with Gasteiger partial charge in [0.1, 0.15) is 0 Å². The summed E-state index contributed by atoms with van der Waals surface area (Å²) in [6.07, 6.45) is 1.31. The van der Waals surface area contributed by atoms with Gasteiger partial charge in [-0.25, -0.2) is 0 Å². The third-order valence-electron chi connectivity index (χ3n) is 4.08. The lowest BCUT2D eigenvalue weighted by molar-refractivity contribution is 0.0956. The molecule has 2 rings (SSSR count). The summed E-state index contributed by atoms with van der Waals surface area (Å²) in [4.78, 5) is 14.3. The van der Waals surface area contributed by atoms with Crippen molar-refractivity contribution < 1.29 is 4.79 Å². The van der Waals surface area contributed by atoms with Gasteiger partial charge in [0.05, 0.1) is 0 Å². The van der Waals surface area contributed by atoms with E-state index in [1.54, 1.807) is 6.07 Å². The van der Waals surface area contributed by atoms with Crippen LogP contribution in [0.25, 0.3) is 0 Å². The molecular formula is C17H27N3O. The zero-order chi connectivity index (χ0) is 15.4. The molecule has 0 radical (unpaired) electrons. The lowest BCUT2D eigenvalue weighted by Gasteiger charge is -2.35. The van der Waals surface area contributed by atoms with Crippen molar-refractivity contribution in [2.45, 2.75) is 33.7 Å². The van der Waals surface area contributed by atoms with Crippen molar-refractivity contribution in [3.63, 3.8) is 0 Å². The first-order valence-corrected chi connectivity index (χ1v) is 7.88. The van der Waals surface area contributed by atoms with E-state index >= 15 is 0 Å². The van der Waals surface area contributed by atoms with Crippen LogP contribution in [0.4, 0.5) is 5.69 Å². The minimum Gasteiger partial charge on any atom is -0.398 e. The average Bonchev–Trinajstić information content (AvgIpc) is 2.40.